The first-order valence-corrected chi connectivity index (χ1v) is 11.4. The second-order valence-corrected chi connectivity index (χ2v) is 7.91. The molecule has 9 heteroatoms. The molecule has 0 saturated carbocycles. The Kier molecular flexibility index (Phi) is 8.43. The minimum Gasteiger partial charge on any atom is -0.465 e. The number of hydrogen-bond donors (Lipinski definition) is 0. The molecule has 0 fully saturated rings. The quantitative estimate of drug-likeness (QED) is 0.215. The molecule has 0 N–H and O–H groups in total. The van der Waals surface area contributed by atoms with Crippen molar-refractivity contribution in [3.8, 4) is 16.9 Å². The van der Waals surface area contributed by atoms with Gasteiger partial charge in [0.25, 0.3) is 0 Å². The lowest BCUT2D eigenvalue weighted by molar-refractivity contribution is -2.00. The molecule has 178 valence electrons. The van der Waals surface area contributed by atoms with Gasteiger partial charge in [-0.15, -0.1) is 10.2 Å². The van der Waals surface area contributed by atoms with Crippen LogP contribution in [0, 0.1) is 10.2 Å². The van der Waals surface area contributed by atoms with Crippen molar-refractivity contribution < 1.29 is 47.8 Å². The van der Waals surface area contributed by atoms with Gasteiger partial charge < -0.3 is 4.74 Å². The van der Waals surface area contributed by atoms with Crippen molar-refractivity contribution in [2.24, 2.45) is 0 Å². The van der Waals surface area contributed by atoms with Crippen LogP contribution in [0.1, 0.15) is 26.3 Å². The molecule has 0 spiro atoms. The monoisotopic (exact) mass is 493 g/mol. The number of aromatic nitrogens is 1. The maximum atomic E-state index is 13.0. The summed E-state index contributed by atoms with van der Waals surface area (Å²) in [5.74, 6) is -0.432. The summed E-state index contributed by atoms with van der Waals surface area (Å²) in [4.78, 5) is 24.8. The van der Waals surface area contributed by atoms with Gasteiger partial charge in [-0.05, 0) is 30.3 Å². The van der Waals surface area contributed by atoms with Crippen molar-refractivity contribution in [2.45, 2.75) is 0 Å². The Bertz CT molecular complexity index is 1280. The van der Waals surface area contributed by atoms with Crippen LogP contribution in [-0.2, 0) is 4.74 Å². The SMILES string of the molecule is COC(=O)c1ccc(-[n+]2cc(C(=O)c3ccccc3)ccc2-c2ccccc2)cc1.[O-][Cl+3]([O-])([O-])[O-]. The molecular formula is C26H20ClNO7. The minimum absolute atomic E-state index is 0.0462. The first-order valence-electron chi connectivity index (χ1n) is 10.2. The van der Waals surface area contributed by atoms with Gasteiger partial charge in [-0.1, -0.05) is 48.5 Å². The largest absolute Gasteiger partial charge is 0.465 e. The molecule has 0 atom stereocenters. The third-order valence-electron chi connectivity index (χ3n) is 4.88. The molecule has 0 aliphatic heterocycles. The number of pyridine rings is 1. The highest BCUT2D eigenvalue weighted by Gasteiger charge is 2.21. The van der Waals surface area contributed by atoms with Crippen LogP contribution in [0.5, 0.6) is 0 Å². The Morgan fingerprint density at radius 2 is 1.20 bits per heavy atom. The van der Waals surface area contributed by atoms with Gasteiger partial charge in [0, 0.05) is 29.3 Å². The van der Waals surface area contributed by atoms with Crippen molar-refractivity contribution in [3.63, 3.8) is 0 Å². The fourth-order valence-corrected chi connectivity index (χ4v) is 3.32. The molecule has 0 unspecified atom stereocenters. The number of ketones is 1. The zero-order chi connectivity index (χ0) is 25.4. The van der Waals surface area contributed by atoms with E-state index in [1.807, 2.05) is 95.7 Å². The Hall–Kier alpha value is -3.92. The Balaban J connectivity index is 0.000000623. The molecule has 8 nitrogen and oxygen atoms in total. The van der Waals surface area contributed by atoms with Crippen LogP contribution in [0.15, 0.2) is 103 Å². The summed E-state index contributed by atoms with van der Waals surface area (Å²) in [5, 5.41) is 0. The third kappa shape index (κ3) is 7.28. The van der Waals surface area contributed by atoms with E-state index >= 15 is 0 Å². The zero-order valence-electron chi connectivity index (χ0n) is 18.5. The second-order valence-electron chi connectivity index (χ2n) is 7.15. The van der Waals surface area contributed by atoms with Gasteiger partial charge in [0.2, 0.25) is 11.4 Å². The van der Waals surface area contributed by atoms with E-state index in [4.69, 9.17) is 23.4 Å². The second kappa shape index (κ2) is 11.5. The van der Waals surface area contributed by atoms with E-state index in [0.29, 0.717) is 16.7 Å². The van der Waals surface area contributed by atoms with Crippen LogP contribution < -0.4 is 23.2 Å². The topological polar surface area (TPSA) is 139 Å². The van der Waals surface area contributed by atoms with Gasteiger partial charge in [0.15, 0.2) is 12.0 Å². The summed E-state index contributed by atoms with van der Waals surface area (Å²) < 4.78 is 40.7. The van der Waals surface area contributed by atoms with E-state index in [1.54, 1.807) is 12.1 Å². The predicted molar refractivity (Wildman–Crippen MR) is 115 cm³/mol. The molecule has 4 aromatic rings. The van der Waals surface area contributed by atoms with E-state index < -0.39 is 10.2 Å². The molecule has 4 rings (SSSR count). The molecule has 35 heavy (non-hydrogen) atoms. The van der Waals surface area contributed by atoms with Crippen LogP contribution in [-0.4, -0.2) is 18.9 Å². The number of methoxy groups -OCH3 is 1. The standard InChI is InChI=1S/C26H20NO3.ClHO4/c1-30-26(29)21-12-15-23(16-13-21)27-18-22(25(28)20-10-6-3-7-11-20)14-17-24(27)19-8-4-2-5-9-19;2-1(3,4)5/h2-18H,1H3;(H,2,3,4,5)/q+1;/p-1. The molecule has 3 aromatic carbocycles. The highest BCUT2D eigenvalue weighted by atomic mass is 35.7. The first-order chi connectivity index (χ1) is 16.7. The van der Waals surface area contributed by atoms with Crippen LogP contribution >= 0.6 is 0 Å². The van der Waals surface area contributed by atoms with E-state index in [1.165, 1.54) is 7.11 Å². The van der Waals surface area contributed by atoms with Gasteiger partial charge in [-0.2, -0.15) is 4.57 Å². The summed E-state index contributed by atoms with van der Waals surface area (Å²) in [6, 6.07) is 30.1. The maximum Gasteiger partial charge on any atom is 0.337 e. The number of esters is 1. The van der Waals surface area contributed by atoms with Crippen LogP contribution in [0.3, 0.4) is 0 Å². The number of rotatable bonds is 5. The molecule has 1 heterocycles. The van der Waals surface area contributed by atoms with Gasteiger partial charge in [0.05, 0.1) is 18.2 Å². The smallest absolute Gasteiger partial charge is 0.337 e. The van der Waals surface area contributed by atoms with Crippen LogP contribution in [0.2, 0.25) is 0 Å². The van der Waals surface area contributed by atoms with Crippen molar-refractivity contribution in [1.82, 2.24) is 0 Å². The Labute approximate surface area is 203 Å². The van der Waals surface area contributed by atoms with E-state index in [9.17, 15) is 9.59 Å². The Morgan fingerprint density at radius 1 is 0.686 bits per heavy atom. The molecule has 0 aliphatic rings. The number of benzene rings is 3. The fourth-order valence-electron chi connectivity index (χ4n) is 3.32. The number of nitrogens with zero attached hydrogens (tertiary/aromatic N) is 1. The lowest BCUT2D eigenvalue weighted by Gasteiger charge is -2.17. The fraction of sp³-hybridized carbons (Fsp3) is 0.0385. The average molecular weight is 494 g/mol. The van der Waals surface area contributed by atoms with Crippen molar-refractivity contribution in [2.75, 3.05) is 7.11 Å². The third-order valence-corrected chi connectivity index (χ3v) is 4.88. The highest BCUT2D eigenvalue weighted by Crippen LogP contribution is 2.19. The van der Waals surface area contributed by atoms with E-state index in [2.05, 4.69) is 0 Å². The molecule has 1 aromatic heterocycles. The predicted octanol–water partition coefficient (Wildman–Crippen LogP) is -0.108. The van der Waals surface area contributed by atoms with E-state index in [-0.39, 0.29) is 11.8 Å². The van der Waals surface area contributed by atoms with Gasteiger partial charge >= 0.3 is 5.97 Å². The zero-order valence-corrected chi connectivity index (χ0v) is 19.3. The summed E-state index contributed by atoms with van der Waals surface area (Å²) >= 11 is 0. The lowest BCUT2D eigenvalue weighted by atomic mass is 10.0. The molecule has 0 bridgehead atoms. The number of hydrogen-bond acceptors (Lipinski definition) is 7. The summed E-state index contributed by atoms with van der Waals surface area (Å²) in [6.45, 7) is 0. The van der Waals surface area contributed by atoms with Crippen LogP contribution in [0.4, 0.5) is 0 Å². The van der Waals surface area contributed by atoms with Gasteiger partial charge in [0.1, 0.15) is 0 Å². The van der Waals surface area contributed by atoms with Crippen LogP contribution in [0.25, 0.3) is 16.9 Å². The van der Waals surface area contributed by atoms with Gasteiger partial charge in [-0.3, -0.25) is 4.79 Å². The Morgan fingerprint density at radius 3 is 1.74 bits per heavy atom. The summed E-state index contributed by atoms with van der Waals surface area (Å²) in [7, 11) is -3.59. The summed E-state index contributed by atoms with van der Waals surface area (Å²) in [5.41, 5.74) is 4.48. The molecule has 0 radical (unpaired) electrons. The van der Waals surface area contributed by atoms with Crippen molar-refractivity contribution in [1.29, 1.82) is 0 Å². The normalized spacial score (nSPS) is 10.7. The lowest BCUT2D eigenvalue weighted by Crippen LogP contribution is -2.68. The minimum atomic E-state index is -4.94. The molecule has 0 aliphatic carbocycles. The number of ether oxygens (including phenoxy) is 1. The first kappa shape index (κ1) is 25.7. The van der Waals surface area contributed by atoms with Crippen molar-refractivity contribution in [3.05, 3.63) is 120 Å². The molecular weight excluding hydrogens is 474 g/mol. The number of halogens is 1. The highest BCUT2D eigenvalue weighted by molar-refractivity contribution is 6.08. The van der Waals surface area contributed by atoms with E-state index in [0.717, 1.165) is 16.9 Å². The molecule has 0 saturated heterocycles. The van der Waals surface area contributed by atoms with Gasteiger partial charge in [-0.25, -0.2) is 23.4 Å². The molecule has 0 amide bonds. The summed E-state index contributed by atoms with van der Waals surface area (Å²) in [6.07, 6.45) is 1.84. The van der Waals surface area contributed by atoms with Crippen molar-refractivity contribution >= 4 is 11.8 Å². The maximum absolute atomic E-state index is 13.0. The number of carbonyl (C=O) groups excluding carboxylic acids is 2. The number of carbonyl (C=O) groups is 2. The average Bonchev–Trinajstić information content (AvgIpc) is 2.87.